The number of hydrogen-bond acceptors (Lipinski definition) is 7. The summed E-state index contributed by atoms with van der Waals surface area (Å²) in [5.74, 6) is 0.268. The molecule has 0 aromatic carbocycles. The fourth-order valence-corrected chi connectivity index (χ4v) is 5.89. The van der Waals surface area contributed by atoms with E-state index in [1.807, 2.05) is 19.9 Å². The highest BCUT2D eigenvalue weighted by molar-refractivity contribution is 8.01. The van der Waals surface area contributed by atoms with Gasteiger partial charge >= 0.3 is 0 Å². The van der Waals surface area contributed by atoms with Crippen LogP contribution < -0.4 is 0 Å². The van der Waals surface area contributed by atoms with Gasteiger partial charge in [-0.2, -0.15) is 0 Å². The van der Waals surface area contributed by atoms with Gasteiger partial charge in [0.2, 0.25) is 0 Å². The van der Waals surface area contributed by atoms with Gasteiger partial charge in [0.1, 0.15) is 0 Å². The number of hydrogen-bond donors (Lipinski definition) is 1. The maximum atomic E-state index is 11.5. The van der Waals surface area contributed by atoms with Crippen LogP contribution >= 0.6 is 11.8 Å². The fraction of sp³-hybridized carbons (Fsp3) is 0.545. The summed E-state index contributed by atoms with van der Waals surface area (Å²) >= 11 is 1.24. The molecule has 1 aliphatic heterocycles. The third-order valence-corrected chi connectivity index (χ3v) is 6.38. The fourth-order valence-electron chi connectivity index (χ4n) is 2.32. The molecule has 0 saturated carbocycles. The average molecular weight is 314 g/mol. The van der Waals surface area contributed by atoms with Crippen molar-refractivity contribution < 1.29 is 13.5 Å². The number of aryl methyl sites for hydroxylation is 2. The second-order valence-electron chi connectivity index (χ2n) is 4.96. The third kappa shape index (κ3) is 2.40. The zero-order valence-corrected chi connectivity index (χ0v) is 12.6. The van der Waals surface area contributed by atoms with Crippen LogP contribution in [0.25, 0.3) is 5.78 Å². The highest BCUT2D eigenvalue weighted by Gasteiger charge is 2.38. The van der Waals surface area contributed by atoms with Crippen molar-refractivity contribution in [3.63, 3.8) is 0 Å². The van der Waals surface area contributed by atoms with Gasteiger partial charge in [-0.05, 0) is 19.9 Å². The van der Waals surface area contributed by atoms with Crippen LogP contribution in [0.2, 0.25) is 0 Å². The second kappa shape index (κ2) is 4.68. The molecule has 9 heteroatoms. The van der Waals surface area contributed by atoms with E-state index in [9.17, 15) is 13.5 Å². The molecule has 1 saturated heterocycles. The van der Waals surface area contributed by atoms with E-state index in [0.717, 1.165) is 11.4 Å². The number of aliphatic hydroxyl groups is 1. The normalized spacial score (nSPS) is 25.4. The number of aliphatic hydroxyl groups excluding tert-OH is 1. The van der Waals surface area contributed by atoms with Crippen LogP contribution in [0.3, 0.4) is 0 Å². The summed E-state index contributed by atoms with van der Waals surface area (Å²) < 4.78 is 24.8. The van der Waals surface area contributed by atoms with Crippen LogP contribution in [0.4, 0.5) is 0 Å². The lowest BCUT2D eigenvalue weighted by atomic mass is 10.3. The van der Waals surface area contributed by atoms with E-state index in [4.69, 9.17) is 0 Å². The molecule has 0 unspecified atom stereocenters. The van der Waals surface area contributed by atoms with Gasteiger partial charge in [-0.15, -0.1) is 10.2 Å². The van der Waals surface area contributed by atoms with Crippen LogP contribution in [-0.4, -0.2) is 56.0 Å². The van der Waals surface area contributed by atoms with Gasteiger partial charge in [-0.1, -0.05) is 11.8 Å². The van der Waals surface area contributed by atoms with Crippen molar-refractivity contribution in [1.29, 1.82) is 0 Å². The van der Waals surface area contributed by atoms with Crippen molar-refractivity contribution >= 4 is 27.4 Å². The first-order valence-electron chi connectivity index (χ1n) is 6.10. The van der Waals surface area contributed by atoms with Gasteiger partial charge in [-0.3, -0.25) is 4.40 Å². The van der Waals surface area contributed by atoms with E-state index in [1.165, 1.54) is 11.8 Å². The topological polar surface area (TPSA) is 97.5 Å². The monoisotopic (exact) mass is 314 g/mol. The third-order valence-electron chi connectivity index (χ3n) is 3.19. The Hall–Kier alpha value is -1.19. The van der Waals surface area contributed by atoms with Crippen molar-refractivity contribution in [2.45, 2.75) is 30.4 Å². The molecular weight excluding hydrogens is 300 g/mol. The standard InChI is InChI=1S/C11H14N4O3S2/c1-6-3-7(2)15-10(12-6)13-14-11(15)19-9-5-20(17,18)4-8(9)16/h3,8-9,16H,4-5H2,1-2H3/t8-,9+/m1/s1. The highest BCUT2D eigenvalue weighted by atomic mass is 32.2. The van der Waals surface area contributed by atoms with Crippen molar-refractivity contribution in [3.8, 4) is 0 Å². The van der Waals surface area contributed by atoms with Crippen LogP contribution in [-0.2, 0) is 9.84 Å². The van der Waals surface area contributed by atoms with Crippen molar-refractivity contribution in [1.82, 2.24) is 19.6 Å². The highest BCUT2D eigenvalue weighted by Crippen LogP contribution is 2.30. The number of sulfone groups is 1. The summed E-state index contributed by atoms with van der Waals surface area (Å²) in [5, 5.41) is 18.0. The average Bonchev–Trinajstić information content (AvgIpc) is 2.80. The van der Waals surface area contributed by atoms with E-state index in [1.54, 1.807) is 4.40 Å². The number of aromatic nitrogens is 4. The van der Waals surface area contributed by atoms with Gasteiger partial charge in [0, 0.05) is 11.4 Å². The molecule has 1 fully saturated rings. The smallest absolute Gasteiger partial charge is 0.256 e. The molecule has 0 radical (unpaired) electrons. The molecule has 0 amide bonds. The van der Waals surface area contributed by atoms with E-state index < -0.39 is 21.2 Å². The lowest BCUT2D eigenvalue weighted by Crippen LogP contribution is -2.20. The molecule has 3 heterocycles. The molecule has 2 atom stereocenters. The lowest BCUT2D eigenvalue weighted by Gasteiger charge is -2.11. The summed E-state index contributed by atoms with van der Waals surface area (Å²) in [5.41, 5.74) is 1.78. The molecule has 2 aromatic rings. The first-order valence-corrected chi connectivity index (χ1v) is 8.80. The maximum absolute atomic E-state index is 11.5. The minimum atomic E-state index is -3.16. The van der Waals surface area contributed by atoms with E-state index in [-0.39, 0.29) is 11.5 Å². The SMILES string of the molecule is Cc1cc(C)n2c(S[C@H]3CS(=O)(=O)C[C@H]3O)nnc2n1. The Balaban J connectivity index is 1.96. The molecule has 108 valence electrons. The Morgan fingerprint density at radius 1 is 1.35 bits per heavy atom. The van der Waals surface area contributed by atoms with Crippen LogP contribution in [0.15, 0.2) is 11.2 Å². The largest absolute Gasteiger partial charge is 0.391 e. The summed E-state index contributed by atoms with van der Waals surface area (Å²) in [4.78, 5) is 4.27. The Labute approximate surface area is 120 Å². The van der Waals surface area contributed by atoms with Crippen molar-refractivity contribution in [2.75, 3.05) is 11.5 Å². The molecular formula is C11H14N4O3S2. The zero-order valence-electron chi connectivity index (χ0n) is 11.0. The molecule has 1 N–H and O–H groups in total. The quantitative estimate of drug-likeness (QED) is 0.832. The zero-order chi connectivity index (χ0) is 14.5. The molecule has 1 aliphatic rings. The molecule has 7 nitrogen and oxygen atoms in total. The minimum absolute atomic E-state index is 0.0356. The Morgan fingerprint density at radius 2 is 2.10 bits per heavy atom. The first-order chi connectivity index (χ1) is 9.35. The number of nitrogens with zero attached hydrogens (tertiary/aromatic N) is 4. The summed E-state index contributed by atoms with van der Waals surface area (Å²) in [7, 11) is -3.16. The molecule has 2 aromatic heterocycles. The first kappa shape index (κ1) is 13.8. The van der Waals surface area contributed by atoms with Gasteiger partial charge < -0.3 is 5.11 Å². The van der Waals surface area contributed by atoms with Gasteiger partial charge in [0.25, 0.3) is 5.78 Å². The second-order valence-corrected chi connectivity index (χ2v) is 8.32. The summed E-state index contributed by atoms with van der Waals surface area (Å²) in [6.45, 7) is 3.79. The number of fused-ring (bicyclic) bond motifs is 1. The molecule has 0 aliphatic carbocycles. The lowest BCUT2D eigenvalue weighted by molar-refractivity contribution is 0.207. The predicted octanol–water partition coefficient (Wildman–Crippen LogP) is -0.00886. The molecule has 0 bridgehead atoms. The van der Waals surface area contributed by atoms with E-state index in [2.05, 4.69) is 15.2 Å². The van der Waals surface area contributed by atoms with Crippen LogP contribution in [0.5, 0.6) is 0 Å². The van der Waals surface area contributed by atoms with Crippen molar-refractivity contribution in [3.05, 3.63) is 17.5 Å². The number of thioether (sulfide) groups is 1. The molecule has 3 rings (SSSR count). The summed E-state index contributed by atoms with van der Waals surface area (Å²) in [6, 6.07) is 1.90. The van der Waals surface area contributed by atoms with Gasteiger partial charge in [0.15, 0.2) is 15.0 Å². The predicted molar refractivity (Wildman–Crippen MR) is 74.6 cm³/mol. The van der Waals surface area contributed by atoms with Gasteiger partial charge in [-0.25, -0.2) is 13.4 Å². The molecule has 20 heavy (non-hydrogen) atoms. The van der Waals surface area contributed by atoms with Crippen LogP contribution in [0, 0.1) is 13.8 Å². The number of rotatable bonds is 2. The minimum Gasteiger partial charge on any atom is -0.391 e. The Kier molecular flexibility index (Phi) is 3.22. The van der Waals surface area contributed by atoms with Crippen molar-refractivity contribution in [2.24, 2.45) is 0 Å². The maximum Gasteiger partial charge on any atom is 0.256 e. The summed E-state index contributed by atoms with van der Waals surface area (Å²) in [6.07, 6.45) is -0.865. The van der Waals surface area contributed by atoms with Gasteiger partial charge in [0.05, 0.1) is 22.9 Å². The Bertz CT molecular complexity index is 771. The van der Waals surface area contributed by atoms with Crippen LogP contribution in [0.1, 0.15) is 11.4 Å². The van der Waals surface area contributed by atoms with E-state index in [0.29, 0.717) is 10.9 Å². The Morgan fingerprint density at radius 3 is 2.75 bits per heavy atom. The molecule has 0 spiro atoms. The van der Waals surface area contributed by atoms with E-state index >= 15 is 0 Å².